The van der Waals surface area contributed by atoms with Crippen molar-refractivity contribution in [2.24, 2.45) is 0 Å². The Morgan fingerprint density at radius 1 is 0.929 bits per heavy atom. The quantitative estimate of drug-likeness (QED) is 0.627. The van der Waals surface area contributed by atoms with Gasteiger partial charge in [-0.1, -0.05) is 42.5 Å². The van der Waals surface area contributed by atoms with Gasteiger partial charge in [0.2, 0.25) is 0 Å². The lowest BCUT2D eigenvalue weighted by atomic mass is 10.1. The van der Waals surface area contributed by atoms with Gasteiger partial charge >= 0.3 is 0 Å². The Labute approximate surface area is 168 Å². The van der Waals surface area contributed by atoms with Crippen molar-refractivity contribution in [1.29, 1.82) is 0 Å². The largest absolute Gasteiger partial charge is 0.486 e. The van der Waals surface area contributed by atoms with Crippen molar-refractivity contribution in [2.75, 3.05) is 13.2 Å². The number of amides is 1. The number of benzene rings is 3. The molecule has 1 aliphatic heterocycles. The van der Waals surface area contributed by atoms with Gasteiger partial charge in [0.1, 0.15) is 12.7 Å². The minimum atomic E-state index is -0.194. The first kappa shape index (κ1) is 18.4. The number of hydrogen-bond donors (Lipinski definition) is 1. The van der Waals surface area contributed by atoms with E-state index in [0.717, 1.165) is 11.5 Å². The van der Waals surface area contributed by atoms with Crippen molar-refractivity contribution in [2.45, 2.75) is 16.8 Å². The predicted octanol–water partition coefficient (Wildman–Crippen LogP) is 4.55. The molecule has 3 aromatic rings. The second-order valence-electron chi connectivity index (χ2n) is 6.51. The third kappa shape index (κ3) is 4.67. The Morgan fingerprint density at radius 2 is 1.64 bits per heavy atom. The summed E-state index contributed by atoms with van der Waals surface area (Å²) in [4.78, 5) is 13.6. The lowest BCUT2D eigenvalue weighted by molar-refractivity contribution is 0.0789. The highest BCUT2D eigenvalue weighted by Crippen LogP contribution is 2.30. The Balaban J connectivity index is 1.27. The van der Waals surface area contributed by atoms with E-state index >= 15 is 0 Å². The number of para-hydroxylation sites is 2. The number of carbonyl (C=O) groups is 1. The number of ether oxygens (including phenoxy) is 2. The fraction of sp³-hybridized carbons (Fsp3) is 0.174. The molecule has 0 aromatic heterocycles. The molecule has 28 heavy (non-hydrogen) atoms. The number of rotatable bonds is 6. The monoisotopic (exact) mass is 391 g/mol. The summed E-state index contributed by atoms with van der Waals surface area (Å²) in [7, 11) is 0. The summed E-state index contributed by atoms with van der Waals surface area (Å²) in [5.74, 6) is 2.23. The van der Waals surface area contributed by atoms with E-state index in [0.29, 0.717) is 24.5 Å². The maximum absolute atomic E-state index is 12.4. The fourth-order valence-electron chi connectivity index (χ4n) is 2.91. The molecule has 0 radical (unpaired) electrons. The van der Waals surface area contributed by atoms with Gasteiger partial charge in [0.05, 0.1) is 6.54 Å². The highest BCUT2D eigenvalue weighted by Gasteiger charge is 2.21. The molecule has 1 atom stereocenters. The van der Waals surface area contributed by atoms with Crippen LogP contribution in [0.25, 0.3) is 0 Å². The van der Waals surface area contributed by atoms with E-state index < -0.39 is 0 Å². The zero-order valence-corrected chi connectivity index (χ0v) is 16.2. The van der Waals surface area contributed by atoms with Crippen LogP contribution in [0.3, 0.4) is 0 Å². The zero-order chi connectivity index (χ0) is 19.2. The average molecular weight is 391 g/mol. The van der Waals surface area contributed by atoms with E-state index in [1.165, 1.54) is 10.5 Å². The van der Waals surface area contributed by atoms with E-state index in [9.17, 15) is 4.79 Å². The van der Waals surface area contributed by atoms with Crippen LogP contribution in [0, 0.1) is 0 Å². The number of carbonyl (C=O) groups excluding carboxylic acids is 1. The maximum atomic E-state index is 12.4. The standard InChI is InChI=1S/C23H21NO3S/c25-23(24-14-19-15-26-21-8-4-5-9-22(21)27-19)18-12-10-17(11-13-18)16-28-20-6-2-1-3-7-20/h1-13,19H,14-16H2,(H,24,25)/t19-/m0/s1. The van der Waals surface area contributed by atoms with Crippen LogP contribution in [0.5, 0.6) is 11.5 Å². The molecule has 0 unspecified atom stereocenters. The van der Waals surface area contributed by atoms with Crippen LogP contribution in [-0.4, -0.2) is 25.2 Å². The fourth-order valence-corrected chi connectivity index (χ4v) is 3.78. The van der Waals surface area contributed by atoms with E-state index in [1.54, 1.807) is 11.8 Å². The molecule has 1 N–H and O–H groups in total. The average Bonchev–Trinajstić information content (AvgIpc) is 2.77. The molecule has 142 valence electrons. The third-order valence-electron chi connectivity index (χ3n) is 4.42. The summed E-state index contributed by atoms with van der Waals surface area (Å²) in [6, 6.07) is 25.6. The molecular formula is C23H21NO3S. The van der Waals surface area contributed by atoms with Gasteiger partial charge in [-0.15, -0.1) is 11.8 Å². The first-order valence-electron chi connectivity index (χ1n) is 9.21. The van der Waals surface area contributed by atoms with Crippen LogP contribution >= 0.6 is 11.8 Å². The second-order valence-corrected chi connectivity index (χ2v) is 7.56. The van der Waals surface area contributed by atoms with Crippen molar-refractivity contribution < 1.29 is 14.3 Å². The molecule has 0 saturated carbocycles. The minimum absolute atomic E-state index is 0.107. The van der Waals surface area contributed by atoms with E-state index in [1.807, 2.05) is 66.7 Å². The van der Waals surface area contributed by atoms with Gasteiger partial charge < -0.3 is 14.8 Å². The lowest BCUT2D eigenvalue weighted by Gasteiger charge is -2.26. The molecule has 1 heterocycles. The highest BCUT2D eigenvalue weighted by molar-refractivity contribution is 7.98. The SMILES string of the molecule is O=C(NC[C@H]1COc2ccccc2O1)c1ccc(CSc2ccccc2)cc1. The summed E-state index contributed by atoms with van der Waals surface area (Å²) in [5.41, 5.74) is 1.83. The molecule has 1 aliphatic rings. The molecule has 0 fully saturated rings. The smallest absolute Gasteiger partial charge is 0.251 e. The van der Waals surface area contributed by atoms with E-state index in [4.69, 9.17) is 9.47 Å². The first-order valence-corrected chi connectivity index (χ1v) is 10.2. The van der Waals surface area contributed by atoms with Crippen LogP contribution in [0.1, 0.15) is 15.9 Å². The summed E-state index contributed by atoms with van der Waals surface area (Å²) in [6.07, 6.45) is -0.194. The molecule has 4 rings (SSSR count). The molecule has 0 aliphatic carbocycles. The third-order valence-corrected chi connectivity index (χ3v) is 5.51. The van der Waals surface area contributed by atoms with Gasteiger partial charge in [-0.05, 0) is 42.0 Å². The Morgan fingerprint density at radius 3 is 2.43 bits per heavy atom. The molecule has 1 amide bonds. The molecular weight excluding hydrogens is 370 g/mol. The number of hydrogen-bond acceptors (Lipinski definition) is 4. The molecule has 0 spiro atoms. The Bertz CT molecular complexity index is 928. The Hall–Kier alpha value is -2.92. The normalized spacial score (nSPS) is 15.1. The number of thioether (sulfide) groups is 1. The molecule has 0 saturated heterocycles. The summed E-state index contributed by atoms with van der Waals surface area (Å²) >= 11 is 1.78. The molecule has 5 heteroatoms. The van der Waals surface area contributed by atoms with Crippen molar-refractivity contribution >= 4 is 17.7 Å². The summed E-state index contributed by atoms with van der Waals surface area (Å²) in [6.45, 7) is 0.825. The first-order chi connectivity index (χ1) is 13.8. The van der Waals surface area contributed by atoms with Crippen LogP contribution < -0.4 is 14.8 Å². The maximum Gasteiger partial charge on any atom is 0.251 e. The summed E-state index contributed by atoms with van der Waals surface area (Å²) in [5, 5.41) is 2.93. The minimum Gasteiger partial charge on any atom is -0.486 e. The topological polar surface area (TPSA) is 47.6 Å². The highest BCUT2D eigenvalue weighted by atomic mass is 32.2. The summed E-state index contributed by atoms with van der Waals surface area (Å²) < 4.78 is 11.5. The van der Waals surface area contributed by atoms with Crippen molar-refractivity contribution in [1.82, 2.24) is 5.32 Å². The van der Waals surface area contributed by atoms with Crippen molar-refractivity contribution in [3.05, 3.63) is 90.0 Å². The van der Waals surface area contributed by atoms with Gasteiger partial charge in [-0.25, -0.2) is 0 Å². The van der Waals surface area contributed by atoms with Gasteiger partial charge in [-0.2, -0.15) is 0 Å². The van der Waals surface area contributed by atoms with Gasteiger partial charge in [0.15, 0.2) is 11.5 Å². The van der Waals surface area contributed by atoms with Gasteiger partial charge in [0.25, 0.3) is 5.91 Å². The second kappa shape index (κ2) is 8.85. The van der Waals surface area contributed by atoms with Crippen LogP contribution in [-0.2, 0) is 5.75 Å². The molecule has 4 nitrogen and oxygen atoms in total. The van der Waals surface area contributed by atoms with Crippen molar-refractivity contribution in [3.63, 3.8) is 0 Å². The van der Waals surface area contributed by atoms with Crippen LogP contribution in [0.2, 0.25) is 0 Å². The van der Waals surface area contributed by atoms with Gasteiger partial charge in [0, 0.05) is 16.2 Å². The van der Waals surface area contributed by atoms with Crippen LogP contribution in [0.4, 0.5) is 0 Å². The molecule has 0 bridgehead atoms. The van der Waals surface area contributed by atoms with Crippen molar-refractivity contribution in [3.8, 4) is 11.5 Å². The van der Waals surface area contributed by atoms with E-state index in [2.05, 4.69) is 17.4 Å². The lowest BCUT2D eigenvalue weighted by Crippen LogP contribution is -2.40. The zero-order valence-electron chi connectivity index (χ0n) is 15.3. The Kier molecular flexibility index (Phi) is 5.83. The van der Waals surface area contributed by atoms with E-state index in [-0.39, 0.29) is 12.0 Å². The molecule has 3 aromatic carbocycles. The number of nitrogens with one attached hydrogen (secondary N) is 1. The van der Waals surface area contributed by atoms with Crippen LogP contribution in [0.15, 0.2) is 83.8 Å². The van der Waals surface area contributed by atoms with Gasteiger partial charge in [-0.3, -0.25) is 4.79 Å². The predicted molar refractivity (Wildman–Crippen MR) is 111 cm³/mol. The number of fused-ring (bicyclic) bond motifs is 1.